The zero-order chi connectivity index (χ0) is 14.9. The molecule has 0 amide bonds. The Bertz CT molecular complexity index is 589. The molecule has 2 nitrogen and oxygen atoms in total. The van der Waals surface area contributed by atoms with E-state index in [9.17, 15) is 0 Å². The number of benzene rings is 1. The van der Waals surface area contributed by atoms with E-state index in [1.165, 1.54) is 15.5 Å². The largest absolute Gasteiger partial charge is 0.324 e. The van der Waals surface area contributed by atoms with Crippen LogP contribution in [0.4, 0.5) is 0 Å². The first-order valence-corrected chi connectivity index (χ1v) is 8.73. The van der Waals surface area contributed by atoms with Crippen LogP contribution in [0.25, 0.3) is 11.0 Å². The van der Waals surface area contributed by atoms with Crippen molar-refractivity contribution >= 4 is 45.2 Å². The fraction of sp³-hybridized carbons (Fsp3) is 0.562. The number of imidazole rings is 1. The summed E-state index contributed by atoms with van der Waals surface area (Å²) in [6, 6.07) is 6.86. The van der Waals surface area contributed by atoms with Crippen LogP contribution in [0, 0.1) is 9.49 Å². The number of aromatic nitrogens is 2. The van der Waals surface area contributed by atoms with Gasteiger partial charge in [0.2, 0.25) is 0 Å². The first-order valence-electron chi connectivity index (χ1n) is 7.21. The number of alkyl halides is 1. The van der Waals surface area contributed by atoms with Crippen molar-refractivity contribution in [1.82, 2.24) is 9.55 Å². The summed E-state index contributed by atoms with van der Waals surface area (Å²) in [6.07, 6.45) is 2.38. The van der Waals surface area contributed by atoms with Crippen LogP contribution in [0.5, 0.6) is 0 Å². The van der Waals surface area contributed by atoms with Crippen LogP contribution in [-0.4, -0.2) is 9.55 Å². The van der Waals surface area contributed by atoms with Gasteiger partial charge in [-0.05, 0) is 73.4 Å². The molecule has 2 aromatic rings. The summed E-state index contributed by atoms with van der Waals surface area (Å²) in [4.78, 5) is 4.75. The molecular formula is C16H22ClIN2. The molecule has 0 spiro atoms. The Kier molecular flexibility index (Phi) is 5.35. The summed E-state index contributed by atoms with van der Waals surface area (Å²) in [6.45, 7) is 8.81. The molecule has 1 aromatic carbocycles. The molecule has 1 aromatic heterocycles. The maximum absolute atomic E-state index is 6.34. The molecule has 0 fully saturated rings. The predicted molar refractivity (Wildman–Crippen MR) is 95.5 cm³/mol. The van der Waals surface area contributed by atoms with E-state index in [0.717, 1.165) is 23.7 Å². The maximum atomic E-state index is 6.34. The van der Waals surface area contributed by atoms with Gasteiger partial charge in [0.25, 0.3) is 0 Å². The Labute approximate surface area is 140 Å². The highest BCUT2D eigenvalue weighted by Crippen LogP contribution is 2.31. The lowest BCUT2D eigenvalue weighted by Gasteiger charge is -2.19. The zero-order valence-electron chi connectivity index (χ0n) is 12.5. The van der Waals surface area contributed by atoms with Crippen molar-refractivity contribution in [1.29, 1.82) is 0 Å². The van der Waals surface area contributed by atoms with Crippen molar-refractivity contribution in [3.8, 4) is 0 Å². The van der Waals surface area contributed by atoms with E-state index < -0.39 is 0 Å². The third-order valence-corrected chi connectivity index (χ3v) is 4.50. The normalized spacial score (nSPS) is 14.9. The lowest BCUT2D eigenvalue weighted by Crippen LogP contribution is -2.10. The zero-order valence-corrected chi connectivity index (χ0v) is 15.4. The van der Waals surface area contributed by atoms with Gasteiger partial charge in [-0.2, -0.15) is 0 Å². The molecule has 0 bridgehead atoms. The monoisotopic (exact) mass is 404 g/mol. The molecule has 1 heterocycles. The van der Waals surface area contributed by atoms with Gasteiger partial charge in [-0.3, -0.25) is 0 Å². The van der Waals surface area contributed by atoms with Gasteiger partial charge in [0.15, 0.2) is 0 Å². The number of fused-ring (bicyclic) bond motifs is 1. The molecule has 0 saturated heterocycles. The SMILES string of the molecule is CC(C)CCC(C)n1c(C(C)Cl)nc2cc(I)ccc21. The molecule has 2 rings (SSSR count). The summed E-state index contributed by atoms with van der Waals surface area (Å²) in [5, 5.41) is -0.0680. The number of hydrogen-bond acceptors (Lipinski definition) is 1. The average molecular weight is 405 g/mol. The maximum Gasteiger partial charge on any atom is 0.127 e. The Hall–Kier alpha value is -0.290. The Morgan fingerprint density at radius 2 is 1.90 bits per heavy atom. The quantitative estimate of drug-likeness (QED) is 0.445. The third-order valence-electron chi connectivity index (χ3n) is 3.64. The number of nitrogens with zero attached hydrogens (tertiary/aromatic N) is 2. The summed E-state index contributed by atoms with van der Waals surface area (Å²) >= 11 is 8.67. The highest BCUT2D eigenvalue weighted by atomic mass is 127. The van der Waals surface area contributed by atoms with Crippen LogP contribution in [0.3, 0.4) is 0 Å². The van der Waals surface area contributed by atoms with Crippen LogP contribution in [0.15, 0.2) is 18.2 Å². The molecule has 20 heavy (non-hydrogen) atoms. The molecule has 2 unspecified atom stereocenters. The van der Waals surface area contributed by atoms with Gasteiger partial charge < -0.3 is 4.57 Å². The molecule has 0 aliphatic heterocycles. The van der Waals surface area contributed by atoms with Crippen LogP contribution < -0.4 is 0 Å². The number of hydrogen-bond donors (Lipinski definition) is 0. The van der Waals surface area contributed by atoms with Gasteiger partial charge in [0.1, 0.15) is 5.82 Å². The lowest BCUT2D eigenvalue weighted by molar-refractivity contribution is 0.437. The number of halogens is 2. The molecule has 0 aliphatic carbocycles. The highest BCUT2D eigenvalue weighted by molar-refractivity contribution is 14.1. The Morgan fingerprint density at radius 3 is 2.50 bits per heavy atom. The van der Waals surface area contributed by atoms with Gasteiger partial charge in [-0.15, -0.1) is 11.6 Å². The summed E-state index contributed by atoms with van der Waals surface area (Å²) < 4.78 is 3.54. The van der Waals surface area contributed by atoms with Gasteiger partial charge >= 0.3 is 0 Å². The molecule has 110 valence electrons. The lowest BCUT2D eigenvalue weighted by atomic mass is 10.0. The van der Waals surface area contributed by atoms with Crippen molar-refractivity contribution in [2.24, 2.45) is 5.92 Å². The first kappa shape index (κ1) is 16.1. The molecule has 0 saturated carbocycles. The van der Waals surface area contributed by atoms with Gasteiger partial charge in [-0.1, -0.05) is 13.8 Å². The molecule has 0 aliphatic rings. The standard InChI is InChI=1S/C16H22ClIN2/c1-10(2)5-6-11(3)20-15-8-7-13(18)9-14(15)19-16(20)12(4)17/h7-12H,5-6H2,1-4H3. The fourth-order valence-corrected chi connectivity index (χ4v) is 3.17. The van der Waals surface area contributed by atoms with Crippen LogP contribution in [-0.2, 0) is 0 Å². The van der Waals surface area contributed by atoms with E-state index in [1.807, 2.05) is 6.92 Å². The first-order chi connectivity index (χ1) is 9.40. The number of rotatable bonds is 5. The Morgan fingerprint density at radius 1 is 1.20 bits per heavy atom. The van der Waals surface area contributed by atoms with Crippen molar-refractivity contribution in [3.63, 3.8) is 0 Å². The molecular weight excluding hydrogens is 383 g/mol. The third kappa shape index (κ3) is 3.48. The van der Waals surface area contributed by atoms with Gasteiger partial charge in [0.05, 0.1) is 16.4 Å². The highest BCUT2D eigenvalue weighted by Gasteiger charge is 2.19. The molecule has 4 heteroatoms. The van der Waals surface area contributed by atoms with Crippen LogP contribution in [0.2, 0.25) is 0 Å². The van der Waals surface area contributed by atoms with Crippen molar-refractivity contribution in [2.75, 3.05) is 0 Å². The van der Waals surface area contributed by atoms with Crippen LogP contribution >= 0.6 is 34.2 Å². The van der Waals surface area contributed by atoms with E-state index in [2.05, 4.69) is 66.1 Å². The predicted octanol–water partition coefficient (Wildman–Crippen LogP) is 5.94. The van der Waals surface area contributed by atoms with Gasteiger partial charge in [-0.25, -0.2) is 4.98 Å². The van der Waals surface area contributed by atoms with Gasteiger partial charge in [0, 0.05) is 9.61 Å². The van der Waals surface area contributed by atoms with E-state index in [-0.39, 0.29) is 5.38 Å². The smallest absolute Gasteiger partial charge is 0.127 e. The summed E-state index contributed by atoms with van der Waals surface area (Å²) in [5.74, 6) is 1.71. The van der Waals surface area contributed by atoms with Crippen molar-refractivity contribution in [2.45, 2.75) is 52.0 Å². The van der Waals surface area contributed by atoms with E-state index in [1.54, 1.807) is 0 Å². The molecule has 0 N–H and O–H groups in total. The Balaban J connectivity index is 2.45. The fourth-order valence-electron chi connectivity index (χ4n) is 2.54. The minimum atomic E-state index is -0.0680. The van der Waals surface area contributed by atoms with Crippen molar-refractivity contribution < 1.29 is 0 Å². The minimum absolute atomic E-state index is 0.0680. The minimum Gasteiger partial charge on any atom is -0.324 e. The average Bonchev–Trinajstić information content (AvgIpc) is 2.74. The second-order valence-electron chi connectivity index (χ2n) is 5.91. The molecule has 0 radical (unpaired) electrons. The topological polar surface area (TPSA) is 17.8 Å². The second kappa shape index (κ2) is 6.65. The summed E-state index contributed by atoms with van der Waals surface area (Å²) in [7, 11) is 0. The van der Waals surface area contributed by atoms with E-state index in [4.69, 9.17) is 16.6 Å². The van der Waals surface area contributed by atoms with E-state index in [0.29, 0.717) is 6.04 Å². The molecule has 2 atom stereocenters. The van der Waals surface area contributed by atoms with E-state index >= 15 is 0 Å². The van der Waals surface area contributed by atoms with Crippen LogP contribution in [0.1, 0.15) is 57.8 Å². The van der Waals surface area contributed by atoms with Crippen molar-refractivity contribution in [3.05, 3.63) is 27.6 Å². The summed E-state index contributed by atoms with van der Waals surface area (Å²) in [5.41, 5.74) is 2.25. The second-order valence-corrected chi connectivity index (χ2v) is 7.81.